The molecule has 0 amide bonds. The van der Waals surface area contributed by atoms with Gasteiger partial charge in [-0.25, -0.2) is 0 Å². The van der Waals surface area contributed by atoms with Crippen LogP contribution in [0.4, 0.5) is 0 Å². The number of aromatic hydroxyl groups is 1. The molecule has 0 aliphatic carbocycles. The zero-order valence-corrected chi connectivity index (χ0v) is 12.9. The lowest BCUT2D eigenvalue weighted by molar-refractivity contribution is 0.0165. The number of hydrogen-bond donors (Lipinski definition) is 2. The van der Waals surface area contributed by atoms with Gasteiger partial charge in [-0.2, -0.15) is 0 Å². The lowest BCUT2D eigenvalue weighted by atomic mass is 10.0. The molecule has 4 nitrogen and oxygen atoms in total. The third-order valence-electron chi connectivity index (χ3n) is 3.89. The first-order valence-corrected chi connectivity index (χ1v) is 8.01. The first-order chi connectivity index (χ1) is 10.3. The number of benzene rings is 1. The van der Waals surface area contributed by atoms with Gasteiger partial charge >= 0.3 is 0 Å². The third kappa shape index (κ3) is 5.65. The summed E-state index contributed by atoms with van der Waals surface area (Å²) in [5.41, 5.74) is 1.22. The highest BCUT2D eigenvalue weighted by Gasteiger charge is 2.15. The van der Waals surface area contributed by atoms with Crippen LogP contribution >= 0.6 is 0 Å². The fourth-order valence-corrected chi connectivity index (χ4v) is 2.65. The molecule has 1 aliphatic rings. The van der Waals surface area contributed by atoms with Crippen LogP contribution in [0.1, 0.15) is 44.2 Å². The highest BCUT2D eigenvalue weighted by atomic mass is 16.5. The van der Waals surface area contributed by atoms with Crippen LogP contribution in [0.5, 0.6) is 5.75 Å². The third-order valence-corrected chi connectivity index (χ3v) is 3.89. The maximum absolute atomic E-state index is 9.33. The summed E-state index contributed by atoms with van der Waals surface area (Å²) in [4.78, 5) is 0. The Morgan fingerprint density at radius 3 is 2.86 bits per heavy atom. The number of rotatable bonds is 9. The summed E-state index contributed by atoms with van der Waals surface area (Å²) < 4.78 is 11.2. The molecular formula is C17H27NO3. The van der Waals surface area contributed by atoms with Gasteiger partial charge in [0, 0.05) is 19.3 Å². The second-order valence-corrected chi connectivity index (χ2v) is 5.57. The van der Waals surface area contributed by atoms with Crippen molar-refractivity contribution < 1.29 is 14.6 Å². The molecule has 21 heavy (non-hydrogen) atoms. The molecule has 2 unspecified atom stereocenters. The fourth-order valence-electron chi connectivity index (χ4n) is 2.65. The van der Waals surface area contributed by atoms with Gasteiger partial charge in [0.15, 0.2) is 0 Å². The molecule has 1 saturated heterocycles. The Bertz CT molecular complexity index is 388. The number of phenols is 1. The van der Waals surface area contributed by atoms with Gasteiger partial charge in [-0.3, -0.25) is 0 Å². The van der Waals surface area contributed by atoms with Crippen LogP contribution in [0.3, 0.4) is 0 Å². The second kappa shape index (κ2) is 9.03. The summed E-state index contributed by atoms with van der Waals surface area (Å²) in [6, 6.07) is 7.77. The molecule has 1 fully saturated rings. The van der Waals surface area contributed by atoms with E-state index in [1.165, 1.54) is 12.0 Å². The van der Waals surface area contributed by atoms with Gasteiger partial charge in [0.25, 0.3) is 0 Å². The summed E-state index contributed by atoms with van der Waals surface area (Å²) in [6.45, 7) is 5.50. The van der Waals surface area contributed by atoms with Crippen molar-refractivity contribution in [1.29, 1.82) is 0 Å². The fraction of sp³-hybridized carbons (Fsp3) is 0.647. The number of nitrogens with one attached hydrogen (secondary N) is 1. The standard InChI is InChI=1S/C17H27NO3/c1-2-17(14-6-8-15(19)9-7-14)18-10-4-11-20-13-16-5-3-12-21-16/h6-9,16-19H,2-5,10-13H2,1H3. The van der Waals surface area contributed by atoms with E-state index in [0.29, 0.717) is 17.9 Å². The van der Waals surface area contributed by atoms with E-state index in [-0.39, 0.29) is 0 Å². The van der Waals surface area contributed by atoms with Crippen molar-refractivity contribution in [2.45, 2.75) is 44.8 Å². The second-order valence-electron chi connectivity index (χ2n) is 5.57. The maximum Gasteiger partial charge on any atom is 0.115 e. The predicted octanol–water partition coefficient (Wildman–Crippen LogP) is 3.02. The number of hydrogen-bond acceptors (Lipinski definition) is 4. The Hall–Kier alpha value is -1.10. The Morgan fingerprint density at radius 1 is 1.38 bits per heavy atom. The van der Waals surface area contributed by atoms with E-state index < -0.39 is 0 Å². The molecule has 1 aliphatic heterocycles. The summed E-state index contributed by atoms with van der Waals surface area (Å²) >= 11 is 0. The van der Waals surface area contributed by atoms with E-state index in [1.807, 2.05) is 12.1 Å². The maximum atomic E-state index is 9.33. The minimum atomic E-state index is 0.316. The van der Waals surface area contributed by atoms with E-state index in [0.717, 1.165) is 45.6 Å². The monoisotopic (exact) mass is 293 g/mol. The molecule has 118 valence electrons. The van der Waals surface area contributed by atoms with Crippen molar-refractivity contribution >= 4 is 0 Å². The SMILES string of the molecule is CCC(NCCCOCC1CCCO1)c1ccc(O)cc1. The van der Waals surface area contributed by atoms with E-state index in [4.69, 9.17) is 9.47 Å². The molecule has 0 radical (unpaired) electrons. The minimum absolute atomic E-state index is 0.316. The van der Waals surface area contributed by atoms with Crippen molar-refractivity contribution in [3.05, 3.63) is 29.8 Å². The molecule has 0 bridgehead atoms. The Kier molecular flexibility index (Phi) is 7.00. The van der Waals surface area contributed by atoms with Gasteiger partial charge in [-0.05, 0) is 49.9 Å². The average molecular weight is 293 g/mol. The van der Waals surface area contributed by atoms with Crippen LogP contribution in [-0.2, 0) is 9.47 Å². The van der Waals surface area contributed by atoms with Crippen molar-refractivity contribution in [2.75, 3.05) is 26.4 Å². The topological polar surface area (TPSA) is 50.7 Å². The van der Waals surface area contributed by atoms with E-state index in [9.17, 15) is 5.11 Å². The zero-order chi connectivity index (χ0) is 14.9. The largest absolute Gasteiger partial charge is 0.508 e. The molecule has 1 aromatic rings. The molecule has 1 aromatic carbocycles. The van der Waals surface area contributed by atoms with E-state index in [2.05, 4.69) is 12.2 Å². The lowest BCUT2D eigenvalue weighted by Crippen LogP contribution is -2.23. The van der Waals surface area contributed by atoms with Crippen molar-refractivity contribution in [3.8, 4) is 5.75 Å². The lowest BCUT2D eigenvalue weighted by Gasteiger charge is -2.17. The minimum Gasteiger partial charge on any atom is -0.508 e. The normalized spacial score (nSPS) is 19.8. The number of ether oxygens (including phenoxy) is 2. The summed E-state index contributed by atoms with van der Waals surface area (Å²) in [5, 5.41) is 12.9. The van der Waals surface area contributed by atoms with Crippen molar-refractivity contribution in [2.24, 2.45) is 0 Å². The molecule has 0 saturated carbocycles. The van der Waals surface area contributed by atoms with Gasteiger partial charge < -0.3 is 19.9 Å². The molecule has 2 rings (SSSR count). The van der Waals surface area contributed by atoms with Crippen molar-refractivity contribution in [3.63, 3.8) is 0 Å². The first-order valence-electron chi connectivity index (χ1n) is 8.01. The van der Waals surface area contributed by atoms with Crippen LogP contribution < -0.4 is 5.32 Å². The average Bonchev–Trinajstić information content (AvgIpc) is 3.01. The molecule has 2 N–H and O–H groups in total. The van der Waals surface area contributed by atoms with Gasteiger partial charge in [-0.15, -0.1) is 0 Å². The van der Waals surface area contributed by atoms with Crippen LogP contribution in [0, 0.1) is 0 Å². The quantitative estimate of drug-likeness (QED) is 0.687. The molecule has 0 aromatic heterocycles. The Balaban J connectivity index is 1.58. The van der Waals surface area contributed by atoms with Gasteiger partial charge in [0.2, 0.25) is 0 Å². The highest BCUT2D eigenvalue weighted by Crippen LogP contribution is 2.19. The number of phenolic OH excluding ortho intramolecular Hbond substituents is 1. The molecule has 1 heterocycles. The molecular weight excluding hydrogens is 266 g/mol. The molecule has 2 atom stereocenters. The van der Waals surface area contributed by atoms with Crippen LogP contribution in [0.15, 0.2) is 24.3 Å². The highest BCUT2D eigenvalue weighted by molar-refractivity contribution is 5.27. The summed E-state index contributed by atoms with van der Waals surface area (Å²) in [7, 11) is 0. The van der Waals surface area contributed by atoms with E-state index in [1.54, 1.807) is 12.1 Å². The Labute approximate surface area is 127 Å². The van der Waals surface area contributed by atoms with E-state index >= 15 is 0 Å². The smallest absolute Gasteiger partial charge is 0.115 e. The van der Waals surface area contributed by atoms with Crippen LogP contribution in [-0.4, -0.2) is 37.6 Å². The van der Waals surface area contributed by atoms with Crippen LogP contribution in [0.2, 0.25) is 0 Å². The van der Waals surface area contributed by atoms with Crippen LogP contribution in [0.25, 0.3) is 0 Å². The van der Waals surface area contributed by atoms with Gasteiger partial charge in [0.05, 0.1) is 12.7 Å². The molecule has 4 heteroatoms. The summed E-state index contributed by atoms with van der Waals surface area (Å²) in [6.07, 6.45) is 4.65. The van der Waals surface area contributed by atoms with Crippen molar-refractivity contribution in [1.82, 2.24) is 5.32 Å². The zero-order valence-electron chi connectivity index (χ0n) is 12.9. The van der Waals surface area contributed by atoms with Gasteiger partial charge in [0.1, 0.15) is 5.75 Å². The molecule has 0 spiro atoms. The Morgan fingerprint density at radius 2 is 2.19 bits per heavy atom. The van der Waals surface area contributed by atoms with Gasteiger partial charge in [-0.1, -0.05) is 19.1 Å². The summed E-state index contributed by atoms with van der Waals surface area (Å²) in [5.74, 6) is 0.316. The first kappa shape index (κ1) is 16.3. The predicted molar refractivity (Wildman–Crippen MR) is 83.6 cm³/mol.